The summed E-state index contributed by atoms with van der Waals surface area (Å²) >= 11 is 0. The van der Waals surface area contributed by atoms with Crippen LogP contribution in [0.15, 0.2) is 42.6 Å². The molecule has 4 nitrogen and oxygen atoms in total. The normalized spacial score (nSPS) is 10.1. The molecule has 0 aliphatic heterocycles. The first-order valence-electron chi connectivity index (χ1n) is 6.08. The second-order valence-electron chi connectivity index (χ2n) is 4.38. The minimum Gasteiger partial charge on any atom is -0.497 e. The summed E-state index contributed by atoms with van der Waals surface area (Å²) in [5, 5.41) is 0. The lowest BCUT2D eigenvalue weighted by atomic mass is 10.2. The monoisotopic (exact) mass is 258 g/mol. The van der Waals surface area contributed by atoms with Gasteiger partial charge in [-0.3, -0.25) is 0 Å². The van der Waals surface area contributed by atoms with E-state index in [1.54, 1.807) is 13.3 Å². The van der Waals surface area contributed by atoms with Crippen LogP contribution in [0.4, 0.5) is 5.82 Å². The van der Waals surface area contributed by atoms with Gasteiger partial charge in [0.2, 0.25) is 0 Å². The lowest BCUT2D eigenvalue weighted by Crippen LogP contribution is -2.10. The third-order valence-electron chi connectivity index (χ3n) is 2.74. The number of anilines is 1. The second-order valence-corrected chi connectivity index (χ2v) is 4.38. The van der Waals surface area contributed by atoms with Gasteiger partial charge >= 0.3 is 0 Å². The van der Waals surface area contributed by atoms with Crippen molar-refractivity contribution in [2.75, 3.05) is 26.1 Å². The Morgan fingerprint density at radius 1 is 1.00 bits per heavy atom. The summed E-state index contributed by atoms with van der Waals surface area (Å²) in [6.45, 7) is 0.521. The smallest absolute Gasteiger partial charge is 0.138 e. The maximum absolute atomic E-state index is 5.68. The highest BCUT2D eigenvalue weighted by Gasteiger charge is 2.00. The molecule has 4 heteroatoms. The van der Waals surface area contributed by atoms with E-state index in [0.717, 1.165) is 22.9 Å². The SMILES string of the molecule is COc1ccc(COc2ccc(N(C)C)nc2)cc1. The first kappa shape index (κ1) is 13.2. The van der Waals surface area contributed by atoms with Crippen molar-refractivity contribution >= 4 is 5.82 Å². The third-order valence-corrected chi connectivity index (χ3v) is 2.74. The van der Waals surface area contributed by atoms with Crippen LogP contribution >= 0.6 is 0 Å². The first-order chi connectivity index (χ1) is 9.19. The minimum atomic E-state index is 0.521. The van der Waals surface area contributed by atoms with Crippen molar-refractivity contribution in [3.8, 4) is 11.5 Å². The molecule has 0 N–H and O–H groups in total. The van der Waals surface area contributed by atoms with Crippen LogP contribution in [0, 0.1) is 0 Å². The van der Waals surface area contributed by atoms with E-state index < -0.39 is 0 Å². The summed E-state index contributed by atoms with van der Waals surface area (Å²) in [5.74, 6) is 2.53. The number of methoxy groups -OCH3 is 1. The number of nitrogens with zero attached hydrogens (tertiary/aromatic N) is 2. The molecule has 0 saturated heterocycles. The molecule has 0 spiro atoms. The predicted octanol–water partition coefficient (Wildman–Crippen LogP) is 2.74. The number of rotatable bonds is 5. The Bertz CT molecular complexity index is 507. The summed E-state index contributed by atoms with van der Waals surface area (Å²) < 4.78 is 10.8. The Kier molecular flexibility index (Phi) is 4.23. The van der Waals surface area contributed by atoms with E-state index in [1.165, 1.54) is 0 Å². The number of benzene rings is 1. The van der Waals surface area contributed by atoms with Crippen LogP contribution in [0.5, 0.6) is 11.5 Å². The molecule has 0 unspecified atom stereocenters. The van der Waals surface area contributed by atoms with Crippen molar-refractivity contribution in [1.29, 1.82) is 0 Å². The molecule has 100 valence electrons. The zero-order valence-electron chi connectivity index (χ0n) is 11.5. The van der Waals surface area contributed by atoms with Crippen molar-refractivity contribution in [2.24, 2.45) is 0 Å². The van der Waals surface area contributed by atoms with Crippen molar-refractivity contribution < 1.29 is 9.47 Å². The molecule has 1 aromatic carbocycles. The van der Waals surface area contributed by atoms with Crippen molar-refractivity contribution in [3.05, 3.63) is 48.2 Å². The largest absolute Gasteiger partial charge is 0.497 e. The van der Waals surface area contributed by atoms with Crippen molar-refractivity contribution in [1.82, 2.24) is 4.98 Å². The van der Waals surface area contributed by atoms with Crippen LogP contribution < -0.4 is 14.4 Å². The Hall–Kier alpha value is -2.23. The summed E-state index contributed by atoms with van der Waals surface area (Å²) in [6.07, 6.45) is 1.73. The van der Waals surface area contributed by atoms with Crippen LogP contribution in [-0.2, 0) is 6.61 Å². The van der Waals surface area contributed by atoms with E-state index >= 15 is 0 Å². The Balaban J connectivity index is 1.94. The van der Waals surface area contributed by atoms with Gasteiger partial charge in [0.1, 0.15) is 23.9 Å². The number of hydrogen-bond donors (Lipinski definition) is 0. The Labute approximate surface area is 113 Å². The average Bonchev–Trinajstić information content (AvgIpc) is 2.46. The number of pyridine rings is 1. The highest BCUT2D eigenvalue weighted by atomic mass is 16.5. The van der Waals surface area contributed by atoms with Crippen LogP contribution in [-0.4, -0.2) is 26.2 Å². The van der Waals surface area contributed by atoms with Gasteiger partial charge in [-0.1, -0.05) is 12.1 Å². The van der Waals surface area contributed by atoms with E-state index in [4.69, 9.17) is 9.47 Å². The van der Waals surface area contributed by atoms with Crippen LogP contribution in [0.3, 0.4) is 0 Å². The highest BCUT2D eigenvalue weighted by Crippen LogP contribution is 2.16. The molecule has 0 aliphatic carbocycles. The topological polar surface area (TPSA) is 34.6 Å². The maximum Gasteiger partial charge on any atom is 0.138 e. The van der Waals surface area contributed by atoms with Gasteiger partial charge in [0.15, 0.2) is 0 Å². The molecule has 0 bridgehead atoms. The van der Waals surface area contributed by atoms with E-state index in [1.807, 2.05) is 55.4 Å². The van der Waals surface area contributed by atoms with Crippen LogP contribution in [0.25, 0.3) is 0 Å². The summed E-state index contributed by atoms with van der Waals surface area (Å²) in [6, 6.07) is 11.7. The molecule has 0 amide bonds. The zero-order valence-corrected chi connectivity index (χ0v) is 11.5. The van der Waals surface area contributed by atoms with E-state index in [0.29, 0.717) is 6.61 Å². The quantitative estimate of drug-likeness (QED) is 0.826. The van der Waals surface area contributed by atoms with Gasteiger partial charge in [-0.05, 0) is 29.8 Å². The minimum absolute atomic E-state index is 0.521. The highest BCUT2D eigenvalue weighted by molar-refractivity contribution is 5.39. The van der Waals surface area contributed by atoms with Gasteiger partial charge in [-0.15, -0.1) is 0 Å². The standard InChI is InChI=1S/C15H18N2O2/c1-17(2)15-9-8-14(10-16-15)19-11-12-4-6-13(18-3)7-5-12/h4-10H,11H2,1-3H3. The molecule has 0 fully saturated rings. The average molecular weight is 258 g/mol. The molecule has 0 atom stereocenters. The molecular formula is C15H18N2O2. The van der Waals surface area contributed by atoms with Crippen molar-refractivity contribution in [2.45, 2.75) is 6.61 Å². The third kappa shape index (κ3) is 3.61. The van der Waals surface area contributed by atoms with Gasteiger partial charge in [-0.2, -0.15) is 0 Å². The van der Waals surface area contributed by atoms with E-state index in [2.05, 4.69) is 4.98 Å². The maximum atomic E-state index is 5.68. The second kappa shape index (κ2) is 6.09. The van der Waals surface area contributed by atoms with Gasteiger partial charge in [-0.25, -0.2) is 4.98 Å². The predicted molar refractivity (Wildman–Crippen MR) is 75.9 cm³/mol. The molecule has 1 aromatic heterocycles. The van der Waals surface area contributed by atoms with Crippen LogP contribution in [0.1, 0.15) is 5.56 Å². The van der Waals surface area contributed by atoms with Gasteiger partial charge in [0, 0.05) is 14.1 Å². The number of aromatic nitrogens is 1. The molecule has 1 heterocycles. The van der Waals surface area contributed by atoms with E-state index in [-0.39, 0.29) is 0 Å². The Morgan fingerprint density at radius 2 is 1.68 bits per heavy atom. The first-order valence-corrected chi connectivity index (χ1v) is 6.08. The summed E-state index contributed by atoms with van der Waals surface area (Å²) in [4.78, 5) is 6.25. The summed E-state index contributed by atoms with van der Waals surface area (Å²) in [5.41, 5.74) is 1.09. The Morgan fingerprint density at radius 3 is 2.21 bits per heavy atom. The zero-order chi connectivity index (χ0) is 13.7. The lowest BCUT2D eigenvalue weighted by molar-refractivity contribution is 0.305. The lowest BCUT2D eigenvalue weighted by Gasteiger charge is -2.12. The van der Waals surface area contributed by atoms with Crippen LogP contribution in [0.2, 0.25) is 0 Å². The molecule has 0 aliphatic rings. The fourth-order valence-electron chi connectivity index (χ4n) is 1.61. The van der Waals surface area contributed by atoms with Crippen molar-refractivity contribution in [3.63, 3.8) is 0 Å². The number of hydrogen-bond acceptors (Lipinski definition) is 4. The molecule has 0 saturated carbocycles. The van der Waals surface area contributed by atoms with Gasteiger partial charge in [0.05, 0.1) is 13.3 Å². The molecule has 2 aromatic rings. The summed E-state index contributed by atoms with van der Waals surface area (Å²) in [7, 11) is 5.57. The van der Waals surface area contributed by atoms with E-state index in [9.17, 15) is 0 Å². The number of ether oxygens (including phenoxy) is 2. The molecular weight excluding hydrogens is 240 g/mol. The molecule has 2 rings (SSSR count). The fraction of sp³-hybridized carbons (Fsp3) is 0.267. The van der Waals surface area contributed by atoms with Gasteiger partial charge in [0.25, 0.3) is 0 Å². The fourth-order valence-corrected chi connectivity index (χ4v) is 1.61. The molecule has 19 heavy (non-hydrogen) atoms. The molecule has 0 radical (unpaired) electrons. The van der Waals surface area contributed by atoms with Gasteiger partial charge < -0.3 is 14.4 Å².